The van der Waals surface area contributed by atoms with Crippen LogP contribution in [0.5, 0.6) is 0 Å². The van der Waals surface area contributed by atoms with E-state index in [1.54, 1.807) is 0 Å². The van der Waals surface area contributed by atoms with Gasteiger partial charge in [-0.1, -0.05) is 0 Å². The Morgan fingerprint density at radius 1 is 2.00 bits per heavy atom. The molecule has 38 valence electrons. The Bertz CT molecular complexity index is 54.8. The van der Waals surface area contributed by atoms with E-state index in [0.29, 0.717) is 0 Å². The summed E-state index contributed by atoms with van der Waals surface area (Å²) in [5.41, 5.74) is 0. The van der Waals surface area contributed by atoms with E-state index in [1.807, 2.05) is 0 Å². The van der Waals surface area contributed by atoms with Gasteiger partial charge in [0, 0.05) is 0 Å². The molecule has 0 aliphatic carbocycles. The fourth-order valence-corrected chi connectivity index (χ4v) is 0.364. The molecule has 3 heteroatoms. The summed E-state index contributed by atoms with van der Waals surface area (Å²) >= 11 is 0. The minimum absolute atomic E-state index is 0.208. The molecule has 0 heterocycles. The van der Waals surface area contributed by atoms with Crippen LogP contribution in [-0.2, 0) is 0 Å². The Morgan fingerprint density at radius 2 is 2.50 bits per heavy atom. The standard InChI is InChI=1S/C3H8FOP/c1-3(4)2-6-5/h5H,1-2H2,6H3. The first-order valence-electron chi connectivity index (χ1n) is 1.71. The van der Waals surface area contributed by atoms with Gasteiger partial charge in [-0.25, -0.2) is 0 Å². The number of hydrogen-bond donors (Lipinski definition) is 1. The van der Waals surface area contributed by atoms with Gasteiger partial charge in [0.2, 0.25) is 0 Å². The van der Waals surface area contributed by atoms with Crippen molar-refractivity contribution in [1.29, 1.82) is 0 Å². The third kappa shape index (κ3) is 4.06. The van der Waals surface area contributed by atoms with E-state index in [4.69, 9.17) is 4.89 Å². The van der Waals surface area contributed by atoms with Gasteiger partial charge in [-0.05, 0) is 0 Å². The van der Waals surface area contributed by atoms with Gasteiger partial charge >= 0.3 is 36.7 Å². The summed E-state index contributed by atoms with van der Waals surface area (Å²) in [6.07, 6.45) is 0.208. The van der Waals surface area contributed by atoms with Gasteiger partial charge in [0.15, 0.2) is 0 Å². The van der Waals surface area contributed by atoms with Crippen molar-refractivity contribution >= 4 is 8.81 Å². The van der Waals surface area contributed by atoms with E-state index in [0.717, 1.165) is 0 Å². The first kappa shape index (κ1) is 6.06. The van der Waals surface area contributed by atoms with Gasteiger partial charge in [-0.3, -0.25) is 0 Å². The van der Waals surface area contributed by atoms with Gasteiger partial charge in [0.05, 0.1) is 0 Å². The Hall–Kier alpha value is 0.0600. The van der Waals surface area contributed by atoms with Crippen molar-refractivity contribution in [2.24, 2.45) is 0 Å². The molecule has 0 unspecified atom stereocenters. The quantitative estimate of drug-likeness (QED) is 0.514. The summed E-state index contributed by atoms with van der Waals surface area (Å²) in [6, 6.07) is 0. The fraction of sp³-hybridized carbons (Fsp3) is 0.333. The van der Waals surface area contributed by atoms with Crippen LogP contribution in [0.2, 0.25) is 0 Å². The molecule has 1 N–H and O–H groups in total. The molecule has 0 aliphatic heterocycles. The molecular weight excluding hydrogens is 102 g/mol. The summed E-state index contributed by atoms with van der Waals surface area (Å²) in [5.74, 6) is -0.399. The van der Waals surface area contributed by atoms with Crippen LogP contribution in [0.15, 0.2) is 12.4 Å². The first-order chi connectivity index (χ1) is 2.77. The van der Waals surface area contributed by atoms with E-state index in [1.165, 1.54) is 0 Å². The fourth-order valence-electron chi connectivity index (χ4n) is 0.121. The Kier molecular flexibility index (Phi) is 3.29. The predicted octanol–water partition coefficient (Wildman–Crippen LogP) is 0.520. The monoisotopic (exact) mass is 110 g/mol. The van der Waals surface area contributed by atoms with E-state index in [-0.39, 0.29) is 6.16 Å². The molecule has 0 aliphatic rings. The van der Waals surface area contributed by atoms with Crippen molar-refractivity contribution < 1.29 is 9.28 Å². The second-order valence-corrected chi connectivity index (χ2v) is 1.94. The molecule has 0 saturated carbocycles. The van der Waals surface area contributed by atoms with Crippen molar-refractivity contribution in [3.8, 4) is 0 Å². The summed E-state index contributed by atoms with van der Waals surface area (Å²) in [7, 11) is -1.11. The summed E-state index contributed by atoms with van der Waals surface area (Å²) < 4.78 is 11.4. The molecule has 0 radical (unpaired) electrons. The average Bonchev–Trinajstić information content (AvgIpc) is 1.35. The topological polar surface area (TPSA) is 20.2 Å². The maximum atomic E-state index is 11.4. The zero-order valence-corrected chi connectivity index (χ0v) is 4.86. The van der Waals surface area contributed by atoms with Gasteiger partial charge in [0.1, 0.15) is 0 Å². The van der Waals surface area contributed by atoms with E-state index in [9.17, 15) is 4.39 Å². The normalized spacial score (nSPS) is 9.00. The second kappa shape index (κ2) is 3.26. The molecule has 0 aromatic carbocycles. The molecule has 0 amide bonds. The van der Waals surface area contributed by atoms with E-state index < -0.39 is 14.6 Å². The summed E-state index contributed by atoms with van der Waals surface area (Å²) in [4.78, 5) is 8.07. The van der Waals surface area contributed by atoms with Crippen molar-refractivity contribution in [3.05, 3.63) is 12.4 Å². The zero-order valence-electron chi connectivity index (χ0n) is 3.45. The Labute approximate surface area is 37.7 Å². The summed E-state index contributed by atoms with van der Waals surface area (Å²) in [6.45, 7) is 2.95. The van der Waals surface area contributed by atoms with Crippen molar-refractivity contribution in [2.75, 3.05) is 6.16 Å². The van der Waals surface area contributed by atoms with Crippen LogP contribution in [0.4, 0.5) is 4.39 Å². The van der Waals surface area contributed by atoms with Gasteiger partial charge < -0.3 is 0 Å². The molecule has 6 heavy (non-hydrogen) atoms. The van der Waals surface area contributed by atoms with Crippen LogP contribution in [0.25, 0.3) is 0 Å². The maximum absolute atomic E-state index is 11.4. The minimum atomic E-state index is -1.11. The van der Waals surface area contributed by atoms with Crippen LogP contribution in [-0.4, -0.2) is 11.1 Å². The van der Waals surface area contributed by atoms with E-state index >= 15 is 0 Å². The average molecular weight is 110 g/mol. The van der Waals surface area contributed by atoms with Gasteiger partial charge in [-0.2, -0.15) is 0 Å². The second-order valence-electron chi connectivity index (χ2n) is 0.991. The van der Waals surface area contributed by atoms with Crippen LogP contribution in [0.1, 0.15) is 0 Å². The number of hydrogen-bond acceptors (Lipinski definition) is 1. The number of allylic oxidation sites excluding steroid dienone is 1. The van der Waals surface area contributed by atoms with Crippen LogP contribution < -0.4 is 0 Å². The Balaban J connectivity index is 2.83. The van der Waals surface area contributed by atoms with Gasteiger partial charge in [-0.15, -0.1) is 0 Å². The molecule has 0 bridgehead atoms. The first-order valence-corrected chi connectivity index (χ1v) is 3.34. The molecule has 0 aromatic rings. The molecule has 0 aromatic heterocycles. The summed E-state index contributed by atoms with van der Waals surface area (Å²) in [5, 5.41) is 0. The van der Waals surface area contributed by atoms with Crippen LogP contribution in [0.3, 0.4) is 0 Å². The zero-order chi connectivity index (χ0) is 4.99. The molecule has 0 fully saturated rings. The van der Waals surface area contributed by atoms with Crippen molar-refractivity contribution in [2.45, 2.75) is 0 Å². The van der Waals surface area contributed by atoms with Gasteiger partial charge in [0.25, 0.3) is 0 Å². The van der Waals surface area contributed by atoms with E-state index in [2.05, 4.69) is 6.58 Å². The third-order valence-corrected chi connectivity index (χ3v) is 1.15. The number of rotatable bonds is 2. The molecule has 1 nitrogen and oxygen atoms in total. The molecule has 0 saturated heterocycles. The predicted molar refractivity (Wildman–Crippen MR) is 28.4 cm³/mol. The molecule has 0 rings (SSSR count). The molecule has 0 spiro atoms. The third-order valence-electron chi connectivity index (χ3n) is 0.383. The molecular formula is C3H8FOP. The SMILES string of the molecule is C=C(F)C[PH3]O. The Morgan fingerprint density at radius 3 is 2.50 bits per heavy atom. The molecule has 0 atom stereocenters. The van der Waals surface area contributed by atoms with Crippen LogP contribution >= 0.6 is 8.81 Å². The van der Waals surface area contributed by atoms with Crippen molar-refractivity contribution in [1.82, 2.24) is 0 Å². The number of halogens is 1. The van der Waals surface area contributed by atoms with Crippen molar-refractivity contribution in [3.63, 3.8) is 0 Å². The van der Waals surface area contributed by atoms with Crippen LogP contribution in [0, 0.1) is 0 Å².